The van der Waals surface area contributed by atoms with E-state index in [0.717, 1.165) is 33.6 Å². The number of aryl methyl sites for hydroxylation is 1. The average molecular weight is 412 g/mol. The summed E-state index contributed by atoms with van der Waals surface area (Å²) in [6.07, 6.45) is 4.27. The fraction of sp³-hybridized carbons (Fsp3) is 0.235. The molecule has 3 aromatic rings. The molecular weight excluding hydrogens is 393 g/mol. The molecule has 0 saturated heterocycles. The number of halogens is 2. The molecule has 26 heavy (non-hydrogen) atoms. The number of amides is 1. The minimum absolute atomic E-state index is 0. The molecule has 1 amide bonds. The molecule has 138 valence electrons. The summed E-state index contributed by atoms with van der Waals surface area (Å²) in [7, 11) is 0. The Balaban J connectivity index is 0.00000121. The van der Waals surface area contributed by atoms with E-state index in [1.807, 2.05) is 19.1 Å². The van der Waals surface area contributed by atoms with Crippen molar-refractivity contribution in [2.24, 2.45) is 5.73 Å². The van der Waals surface area contributed by atoms with Gasteiger partial charge in [-0.25, -0.2) is 4.98 Å². The van der Waals surface area contributed by atoms with Crippen LogP contribution in [0.15, 0.2) is 35.5 Å². The second kappa shape index (κ2) is 8.26. The van der Waals surface area contributed by atoms with Crippen molar-refractivity contribution in [3.05, 3.63) is 47.3 Å². The van der Waals surface area contributed by atoms with Gasteiger partial charge in [0.1, 0.15) is 0 Å². The SMILES string of the molecule is Cc1cc2c(cc1C(=O)Nc1ccnc3[nH]ncc13)SCC[C@@H]2N.Cl.Cl. The van der Waals surface area contributed by atoms with Gasteiger partial charge in [0.15, 0.2) is 5.65 Å². The number of benzene rings is 1. The third-order valence-electron chi connectivity index (χ3n) is 4.29. The largest absolute Gasteiger partial charge is 0.324 e. The lowest BCUT2D eigenvalue weighted by molar-refractivity contribution is 0.102. The van der Waals surface area contributed by atoms with E-state index in [2.05, 4.69) is 20.5 Å². The molecule has 1 aromatic carbocycles. The first kappa shape index (κ1) is 20.5. The van der Waals surface area contributed by atoms with Crippen LogP contribution in [0.3, 0.4) is 0 Å². The number of hydrogen-bond acceptors (Lipinski definition) is 5. The van der Waals surface area contributed by atoms with Gasteiger partial charge in [-0.05, 0) is 42.4 Å². The molecule has 9 heteroatoms. The van der Waals surface area contributed by atoms with Gasteiger partial charge in [-0.2, -0.15) is 5.10 Å². The number of nitrogens with two attached hydrogens (primary N) is 1. The first-order valence-electron chi connectivity index (χ1n) is 7.76. The molecule has 1 atom stereocenters. The first-order chi connectivity index (χ1) is 11.6. The summed E-state index contributed by atoms with van der Waals surface area (Å²) < 4.78 is 0. The predicted molar refractivity (Wildman–Crippen MR) is 110 cm³/mol. The molecule has 0 saturated carbocycles. The van der Waals surface area contributed by atoms with Gasteiger partial charge in [0.2, 0.25) is 0 Å². The monoisotopic (exact) mass is 411 g/mol. The van der Waals surface area contributed by atoms with Crippen molar-refractivity contribution >= 4 is 59.2 Å². The van der Waals surface area contributed by atoms with Gasteiger partial charge in [-0.1, -0.05) is 6.07 Å². The summed E-state index contributed by atoms with van der Waals surface area (Å²) in [5.74, 6) is 0.849. The quantitative estimate of drug-likeness (QED) is 0.594. The molecule has 0 fully saturated rings. The molecule has 1 aliphatic heterocycles. The number of H-pyrrole nitrogens is 1. The van der Waals surface area contributed by atoms with Crippen molar-refractivity contribution < 1.29 is 4.79 Å². The standard InChI is InChI=1S/C17H17N5OS.2ClH/c1-9-6-11-13(18)3-5-24-15(11)7-10(9)17(23)21-14-2-4-19-16-12(14)8-20-22-16;;/h2,4,6-8,13H,3,5,18H2,1H3,(H2,19,20,21,22,23);2*1H/t13-;;/m0../s1. The van der Waals surface area contributed by atoms with E-state index in [9.17, 15) is 4.79 Å². The van der Waals surface area contributed by atoms with Gasteiger partial charge < -0.3 is 11.1 Å². The number of anilines is 1. The van der Waals surface area contributed by atoms with Crippen molar-refractivity contribution in [2.45, 2.75) is 24.3 Å². The van der Waals surface area contributed by atoms with Crippen molar-refractivity contribution in [1.29, 1.82) is 0 Å². The van der Waals surface area contributed by atoms with E-state index >= 15 is 0 Å². The van der Waals surface area contributed by atoms with E-state index in [-0.39, 0.29) is 36.8 Å². The summed E-state index contributed by atoms with van der Waals surface area (Å²) in [4.78, 5) is 18.0. The highest BCUT2D eigenvalue weighted by Gasteiger charge is 2.21. The summed E-state index contributed by atoms with van der Waals surface area (Å²) in [6.45, 7) is 1.95. The van der Waals surface area contributed by atoms with E-state index in [1.54, 1.807) is 30.2 Å². The lowest BCUT2D eigenvalue weighted by Gasteiger charge is -2.23. The number of nitrogens with one attached hydrogen (secondary N) is 2. The highest BCUT2D eigenvalue weighted by molar-refractivity contribution is 7.99. The van der Waals surface area contributed by atoms with Crippen LogP contribution in [-0.4, -0.2) is 26.8 Å². The van der Waals surface area contributed by atoms with Gasteiger partial charge in [-0.15, -0.1) is 36.6 Å². The number of thioether (sulfide) groups is 1. The molecule has 1 aliphatic rings. The maximum Gasteiger partial charge on any atom is 0.255 e. The molecule has 0 unspecified atom stereocenters. The average Bonchev–Trinajstić information content (AvgIpc) is 3.05. The van der Waals surface area contributed by atoms with Crippen LogP contribution in [0, 0.1) is 6.92 Å². The number of nitrogens with zero attached hydrogens (tertiary/aromatic N) is 2. The maximum absolute atomic E-state index is 12.8. The Morgan fingerprint density at radius 3 is 3.00 bits per heavy atom. The minimum Gasteiger partial charge on any atom is -0.324 e. The van der Waals surface area contributed by atoms with Crippen LogP contribution < -0.4 is 11.1 Å². The summed E-state index contributed by atoms with van der Waals surface area (Å²) >= 11 is 1.76. The number of pyridine rings is 1. The van der Waals surface area contributed by atoms with Crippen LogP contribution in [-0.2, 0) is 0 Å². The van der Waals surface area contributed by atoms with Gasteiger partial charge in [0, 0.05) is 22.7 Å². The highest BCUT2D eigenvalue weighted by Crippen LogP contribution is 2.36. The van der Waals surface area contributed by atoms with E-state index < -0.39 is 0 Å². The highest BCUT2D eigenvalue weighted by atomic mass is 35.5. The van der Waals surface area contributed by atoms with Crippen LogP contribution in [0.2, 0.25) is 0 Å². The number of hydrogen-bond donors (Lipinski definition) is 3. The number of fused-ring (bicyclic) bond motifs is 2. The Morgan fingerprint density at radius 1 is 1.38 bits per heavy atom. The number of carbonyl (C=O) groups is 1. The molecule has 6 nitrogen and oxygen atoms in total. The third kappa shape index (κ3) is 3.66. The van der Waals surface area contributed by atoms with Crippen LogP contribution in [0.1, 0.15) is 33.9 Å². The van der Waals surface area contributed by atoms with E-state index in [1.165, 1.54) is 0 Å². The second-order valence-corrected chi connectivity index (χ2v) is 7.03. The Kier molecular flexibility index (Phi) is 6.52. The van der Waals surface area contributed by atoms with Gasteiger partial charge in [0.05, 0.1) is 17.3 Å². The molecule has 2 aromatic heterocycles. The number of carbonyl (C=O) groups excluding carboxylic acids is 1. The zero-order valence-electron chi connectivity index (χ0n) is 14.0. The van der Waals surface area contributed by atoms with Crippen LogP contribution in [0.4, 0.5) is 5.69 Å². The van der Waals surface area contributed by atoms with Crippen molar-refractivity contribution in [1.82, 2.24) is 15.2 Å². The van der Waals surface area contributed by atoms with Crippen molar-refractivity contribution in [3.63, 3.8) is 0 Å². The Hall–Kier alpha value is -1.80. The number of rotatable bonds is 2. The molecule has 0 aliphatic carbocycles. The Labute approximate surface area is 167 Å². The Bertz CT molecular complexity index is 946. The summed E-state index contributed by atoms with van der Waals surface area (Å²) in [6, 6.07) is 5.83. The zero-order chi connectivity index (χ0) is 16.7. The van der Waals surface area contributed by atoms with Crippen LogP contribution >= 0.6 is 36.6 Å². The lowest BCUT2D eigenvalue weighted by atomic mass is 9.98. The minimum atomic E-state index is -0.135. The van der Waals surface area contributed by atoms with Crippen LogP contribution in [0.25, 0.3) is 11.0 Å². The molecule has 4 N–H and O–H groups in total. The van der Waals surface area contributed by atoms with E-state index in [0.29, 0.717) is 16.9 Å². The van der Waals surface area contributed by atoms with Gasteiger partial charge in [-0.3, -0.25) is 9.89 Å². The van der Waals surface area contributed by atoms with E-state index in [4.69, 9.17) is 5.73 Å². The fourth-order valence-corrected chi connectivity index (χ4v) is 4.14. The lowest BCUT2D eigenvalue weighted by Crippen LogP contribution is -2.19. The third-order valence-corrected chi connectivity index (χ3v) is 5.39. The molecule has 3 heterocycles. The molecular formula is C17H19Cl2N5OS. The molecule has 0 spiro atoms. The smallest absolute Gasteiger partial charge is 0.255 e. The fourth-order valence-electron chi connectivity index (χ4n) is 2.97. The number of aromatic amines is 1. The van der Waals surface area contributed by atoms with Crippen molar-refractivity contribution in [3.8, 4) is 0 Å². The zero-order valence-corrected chi connectivity index (χ0v) is 16.4. The van der Waals surface area contributed by atoms with Gasteiger partial charge in [0.25, 0.3) is 5.91 Å². The summed E-state index contributed by atoms with van der Waals surface area (Å²) in [5, 5.41) is 10.5. The predicted octanol–water partition coefficient (Wildman–Crippen LogP) is 3.86. The molecule has 0 radical (unpaired) electrons. The maximum atomic E-state index is 12.8. The second-order valence-electron chi connectivity index (χ2n) is 5.89. The van der Waals surface area contributed by atoms with Gasteiger partial charge >= 0.3 is 0 Å². The number of aromatic nitrogens is 3. The normalized spacial score (nSPS) is 15.5. The Morgan fingerprint density at radius 2 is 2.19 bits per heavy atom. The summed E-state index contributed by atoms with van der Waals surface area (Å²) in [5.41, 5.74) is 10.3. The van der Waals surface area contributed by atoms with Crippen LogP contribution in [0.5, 0.6) is 0 Å². The molecule has 4 rings (SSSR count). The molecule has 0 bridgehead atoms. The van der Waals surface area contributed by atoms with Crippen molar-refractivity contribution in [2.75, 3.05) is 11.1 Å². The topological polar surface area (TPSA) is 96.7 Å². The first-order valence-corrected chi connectivity index (χ1v) is 8.74.